The van der Waals surface area contributed by atoms with Crippen molar-refractivity contribution in [3.8, 4) is 11.4 Å². The molecule has 0 saturated carbocycles. The highest BCUT2D eigenvalue weighted by atomic mass is 19.1. The number of nitrogens with zero attached hydrogens (tertiary/aromatic N) is 2. The second-order valence-electron chi connectivity index (χ2n) is 5.94. The lowest BCUT2D eigenvalue weighted by atomic mass is 10.2. The number of anilines is 1. The Kier molecular flexibility index (Phi) is 4.15. The van der Waals surface area contributed by atoms with Gasteiger partial charge in [-0.25, -0.2) is 4.39 Å². The summed E-state index contributed by atoms with van der Waals surface area (Å²) in [6.07, 6.45) is 3.92. The molecule has 2 aromatic carbocycles. The Hall–Kier alpha value is -2.79. The van der Waals surface area contributed by atoms with Crippen LogP contribution in [0.15, 0.2) is 67.0 Å². The molecule has 128 valence electrons. The van der Waals surface area contributed by atoms with Gasteiger partial charge in [-0.3, -0.25) is 0 Å². The van der Waals surface area contributed by atoms with Crippen molar-refractivity contribution < 1.29 is 13.9 Å². The lowest BCUT2D eigenvalue weighted by molar-refractivity contribution is 0.114. The minimum atomic E-state index is -0.230. The molecule has 5 heteroatoms. The van der Waals surface area contributed by atoms with Crippen LogP contribution in [0.25, 0.3) is 5.69 Å². The van der Waals surface area contributed by atoms with Gasteiger partial charge in [0.2, 0.25) is 0 Å². The average molecular weight is 338 g/mol. The van der Waals surface area contributed by atoms with E-state index in [1.54, 1.807) is 19.2 Å². The predicted octanol–water partition coefficient (Wildman–Crippen LogP) is 4.16. The fourth-order valence-electron chi connectivity index (χ4n) is 3.12. The van der Waals surface area contributed by atoms with Crippen LogP contribution in [-0.4, -0.2) is 24.8 Å². The Labute approximate surface area is 146 Å². The molecule has 0 bridgehead atoms. The maximum atomic E-state index is 13.2. The molecule has 1 aliphatic heterocycles. The lowest BCUT2D eigenvalue weighted by Crippen LogP contribution is -2.22. The van der Waals surface area contributed by atoms with E-state index in [2.05, 4.69) is 21.7 Å². The molecule has 1 aromatic heterocycles. The third-order valence-corrected chi connectivity index (χ3v) is 4.42. The Morgan fingerprint density at radius 2 is 1.72 bits per heavy atom. The van der Waals surface area contributed by atoms with Crippen molar-refractivity contribution in [3.05, 3.63) is 78.4 Å². The van der Waals surface area contributed by atoms with E-state index in [0.29, 0.717) is 6.61 Å². The van der Waals surface area contributed by atoms with Gasteiger partial charge in [-0.15, -0.1) is 0 Å². The number of halogens is 1. The Morgan fingerprint density at radius 1 is 1.00 bits per heavy atom. The molecule has 1 fully saturated rings. The van der Waals surface area contributed by atoms with Gasteiger partial charge >= 0.3 is 0 Å². The molecule has 0 aliphatic carbocycles. The van der Waals surface area contributed by atoms with E-state index in [1.165, 1.54) is 12.1 Å². The summed E-state index contributed by atoms with van der Waals surface area (Å²) in [5.74, 6) is 0.601. The van der Waals surface area contributed by atoms with Gasteiger partial charge in [-0.2, -0.15) is 0 Å². The van der Waals surface area contributed by atoms with Gasteiger partial charge in [0.1, 0.15) is 11.6 Å². The van der Waals surface area contributed by atoms with E-state index in [4.69, 9.17) is 9.47 Å². The first kappa shape index (κ1) is 15.7. The van der Waals surface area contributed by atoms with Gasteiger partial charge in [0, 0.05) is 35.9 Å². The SMILES string of the molecule is COc1ccc(-n2ccc([C@@H]3OCCN3c3ccc(F)cc3)c2)cc1. The van der Waals surface area contributed by atoms with Crippen molar-refractivity contribution in [2.45, 2.75) is 6.23 Å². The van der Waals surface area contributed by atoms with Crippen molar-refractivity contribution in [2.24, 2.45) is 0 Å². The van der Waals surface area contributed by atoms with Crippen LogP contribution in [0.5, 0.6) is 5.75 Å². The predicted molar refractivity (Wildman–Crippen MR) is 94.8 cm³/mol. The van der Waals surface area contributed by atoms with Crippen LogP contribution in [0.3, 0.4) is 0 Å². The van der Waals surface area contributed by atoms with Gasteiger partial charge in [0.25, 0.3) is 0 Å². The van der Waals surface area contributed by atoms with Crippen LogP contribution in [0, 0.1) is 5.82 Å². The van der Waals surface area contributed by atoms with Crippen LogP contribution in [0.4, 0.5) is 10.1 Å². The number of benzene rings is 2. The van der Waals surface area contributed by atoms with Crippen LogP contribution >= 0.6 is 0 Å². The first-order chi connectivity index (χ1) is 12.2. The van der Waals surface area contributed by atoms with E-state index < -0.39 is 0 Å². The second kappa shape index (κ2) is 6.61. The minimum absolute atomic E-state index is 0.162. The number of hydrogen-bond donors (Lipinski definition) is 0. The zero-order chi connectivity index (χ0) is 17.2. The summed E-state index contributed by atoms with van der Waals surface area (Å²) in [4.78, 5) is 2.15. The number of rotatable bonds is 4. The van der Waals surface area contributed by atoms with E-state index in [0.717, 1.165) is 29.2 Å². The lowest BCUT2D eigenvalue weighted by Gasteiger charge is -2.24. The van der Waals surface area contributed by atoms with Crippen molar-refractivity contribution in [1.29, 1.82) is 0 Å². The molecule has 0 spiro atoms. The molecule has 1 saturated heterocycles. The summed E-state index contributed by atoms with van der Waals surface area (Å²) in [6, 6.07) is 16.5. The molecule has 0 radical (unpaired) electrons. The summed E-state index contributed by atoms with van der Waals surface area (Å²) in [5.41, 5.74) is 3.08. The summed E-state index contributed by atoms with van der Waals surface area (Å²) in [6.45, 7) is 1.43. The number of hydrogen-bond acceptors (Lipinski definition) is 3. The first-order valence-corrected chi connectivity index (χ1v) is 8.21. The third-order valence-electron chi connectivity index (χ3n) is 4.42. The second-order valence-corrected chi connectivity index (χ2v) is 5.94. The molecule has 0 amide bonds. The zero-order valence-corrected chi connectivity index (χ0v) is 13.9. The maximum Gasteiger partial charge on any atom is 0.158 e. The molecule has 4 nitrogen and oxygen atoms in total. The van der Waals surface area contributed by atoms with Crippen molar-refractivity contribution >= 4 is 5.69 Å². The van der Waals surface area contributed by atoms with Crippen molar-refractivity contribution in [2.75, 3.05) is 25.2 Å². The molecule has 2 heterocycles. The first-order valence-electron chi connectivity index (χ1n) is 8.21. The highest BCUT2D eigenvalue weighted by Crippen LogP contribution is 2.32. The largest absolute Gasteiger partial charge is 0.497 e. The van der Waals surface area contributed by atoms with Crippen LogP contribution in [0.1, 0.15) is 11.8 Å². The van der Waals surface area contributed by atoms with Gasteiger partial charge in [0.15, 0.2) is 6.23 Å². The van der Waals surface area contributed by atoms with Gasteiger partial charge in [-0.05, 0) is 54.6 Å². The quantitative estimate of drug-likeness (QED) is 0.715. The van der Waals surface area contributed by atoms with Crippen LogP contribution in [-0.2, 0) is 4.74 Å². The number of methoxy groups -OCH3 is 1. The molecule has 4 rings (SSSR count). The molecular weight excluding hydrogens is 319 g/mol. The summed E-state index contributed by atoms with van der Waals surface area (Å²) < 4.78 is 26.4. The monoisotopic (exact) mass is 338 g/mol. The topological polar surface area (TPSA) is 26.6 Å². The minimum Gasteiger partial charge on any atom is -0.497 e. The zero-order valence-electron chi connectivity index (χ0n) is 13.9. The highest BCUT2D eigenvalue weighted by Gasteiger charge is 2.27. The van der Waals surface area contributed by atoms with Gasteiger partial charge in [0.05, 0.1) is 13.7 Å². The summed E-state index contributed by atoms with van der Waals surface area (Å²) in [7, 11) is 1.66. The van der Waals surface area contributed by atoms with E-state index in [1.807, 2.05) is 30.5 Å². The smallest absolute Gasteiger partial charge is 0.158 e. The fourth-order valence-corrected chi connectivity index (χ4v) is 3.12. The normalized spacial score (nSPS) is 17.0. The van der Waals surface area contributed by atoms with Crippen molar-refractivity contribution in [1.82, 2.24) is 4.57 Å². The molecule has 1 atom stereocenters. The van der Waals surface area contributed by atoms with Gasteiger partial charge < -0.3 is 18.9 Å². The van der Waals surface area contributed by atoms with Crippen LogP contribution in [0.2, 0.25) is 0 Å². The third kappa shape index (κ3) is 3.10. The molecule has 0 N–H and O–H groups in total. The Morgan fingerprint density at radius 3 is 2.44 bits per heavy atom. The Balaban J connectivity index is 1.58. The molecule has 1 aliphatic rings. The molecule has 25 heavy (non-hydrogen) atoms. The Bertz CT molecular complexity index is 843. The molecule has 0 unspecified atom stereocenters. The van der Waals surface area contributed by atoms with Gasteiger partial charge in [-0.1, -0.05) is 0 Å². The average Bonchev–Trinajstić information content (AvgIpc) is 3.31. The van der Waals surface area contributed by atoms with E-state index >= 15 is 0 Å². The number of aromatic nitrogens is 1. The molecule has 3 aromatic rings. The standard InChI is InChI=1S/C20H19FN2O2/c1-24-19-8-6-17(7-9-19)22-11-10-15(14-22)20-23(12-13-25-20)18-4-2-16(21)3-5-18/h2-11,14,20H,12-13H2,1H3/t20-/m0/s1. The van der Waals surface area contributed by atoms with Crippen LogP contribution < -0.4 is 9.64 Å². The summed E-state index contributed by atoms with van der Waals surface area (Å²) in [5, 5.41) is 0. The fraction of sp³-hybridized carbons (Fsp3) is 0.200. The van der Waals surface area contributed by atoms with Crippen molar-refractivity contribution in [3.63, 3.8) is 0 Å². The van der Waals surface area contributed by atoms with E-state index in [-0.39, 0.29) is 12.0 Å². The highest BCUT2D eigenvalue weighted by molar-refractivity contribution is 5.49. The summed E-state index contributed by atoms with van der Waals surface area (Å²) >= 11 is 0. The number of ether oxygens (including phenoxy) is 2. The van der Waals surface area contributed by atoms with E-state index in [9.17, 15) is 4.39 Å². The maximum absolute atomic E-state index is 13.2. The molecular formula is C20H19FN2O2.